The summed E-state index contributed by atoms with van der Waals surface area (Å²) in [5.74, 6) is -0.804. The van der Waals surface area contributed by atoms with Crippen LogP contribution in [0.5, 0.6) is 0 Å². The summed E-state index contributed by atoms with van der Waals surface area (Å²) in [4.78, 5) is 11.8. The molecule has 2 fully saturated rings. The quantitative estimate of drug-likeness (QED) is 0.0658. The number of aliphatic hydroxyl groups is 4. The van der Waals surface area contributed by atoms with Crippen molar-refractivity contribution in [2.45, 2.75) is 94.3 Å². The van der Waals surface area contributed by atoms with Gasteiger partial charge in [-0.2, -0.15) is 16.8 Å². The number of ether oxygens (including phenoxy) is 5. The van der Waals surface area contributed by atoms with E-state index in [1.54, 1.807) is 0 Å². The lowest BCUT2D eigenvalue weighted by atomic mass is 9.92. The van der Waals surface area contributed by atoms with E-state index in [4.69, 9.17) is 38.5 Å². The summed E-state index contributed by atoms with van der Waals surface area (Å²) >= 11 is 0. The van der Waals surface area contributed by atoms with Gasteiger partial charge in [-0.1, -0.05) is 6.92 Å². The van der Waals surface area contributed by atoms with E-state index in [1.165, 1.54) is 20.8 Å². The van der Waals surface area contributed by atoms with Gasteiger partial charge in [-0.15, -0.1) is 0 Å². The van der Waals surface area contributed by atoms with Gasteiger partial charge in [-0.25, -0.2) is 8.37 Å². The summed E-state index contributed by atoms with van der Waals surface area (Å²) in [7, 11) is -9.76. The largest absolute Gasteiger partial charge is 0.397 e. The van der Waals surface area contributed by atoms with Crippen LogP contribution in [0.3, 0.4) is 0 Å². The van der Waals surface area contributed by atoms with Gasteiger partial charge < -0.3 is 54.6 Å². The average molecular weight is 644 g/mol. The molecule has 8 N–H and O–H groups in total. The van der Waals surface area contributed by atoms with Crippen LogP contribution in [-0.4, -0.2) is 146 Å². The van der Waals surface area contributed by atoms with Crippen molar-refractivity contribution in [3.8, 4) is 0 Å². The van der Waals surface area contributed by atoms with E-state index < -0.39 is 120 Å². The third-order valence-corrected chi connectivity index (χ3v) is 7.23. The molecule has 19 nitrogen and oxygen atoms in total. The molecule has 0 aromatic heterocycles. The molecule has 0 spiro atoms. The molecule has 5 unspecified atom stereocenters. The number of hydrogen-bond acceptors (Lipinski definition) is 17. The number of hydrogen-bond donors (Lipinski definition) is 7. The maximum atomic E-state index is 11.8. The monoisotopic (exact) mass is 643 g/mol. The van der Waals surface area contributed by atoms with Crippen LogP contribution in [0.1, 0.15) is 20.8 Å². The normalized spacial score (nSPS) is 37.3. The first-order chi connectivity index (χ1) is 18.8. The zero-order valence-corrected chi connectivity index (χ0v) is 23.8. The number of rotatable bonds is 15. The highest BCUT2D eigenvalue weighted by Gasteiger charge is 2.50. The molecule has 2 saturated heterocycles. The highest BCUT2D eigenvalue weighted by atomic mass is 32.3. The minimum Gasteiger partial charge on any atom is -0.390 e. The van der Waals surface area contributed by atoms with Gasteiger partial charge in [0.25, 0.3) is 0 Å². The van der Waals surface area contributed by atoms with E-state index in [2.05, 4.69) is 8.37 Å². The van der Waals surface area contributed by atoms with Gasteiger partial charge in [0.2, 0.25) is 0 Å². The molecule has 0 saturated carbocycles. The Morgan fingerprint density at radius 3 is 2.00 bits per heavy atom. The molecule has 0 radical (unpaired) electrons. The van der Waals surface area contributed by atoms with Crippen molar-refractivity contribution in [3.63, 3.8) is 0 Å². The minimum absolute atomic E-state index is 0.257. The molecule has 2 aliphatic rings. The maximum Gasteiger partial charge on any atom is 0.397 e. The van der Waals surface area contributed by atoms with Crippen molar-refractivity contribution < 1.29 is 83.2 Å². The van der Waals surface area contributed by atoms with Crippen molar-refractivity contribution in [2.75, 3.05) is 19.8 Å². The Morgan fingerprint density at radius 2 is 1.44 bits per heavy atom. The summed E-state index contributed by atoms with van der Waals surface area (Å²) in [5.41, 5.74) is 5.63. The third-order valence-electron chi connectivity index (χ3n) is 6.36. The molecule has 0 bridgehead atoms. The molecule has 0 aliphatic carbocycles. The lowest BCUT2D eigenvalue weighted by molar-refractivity contribution is -0.347. The predicted octanol–water partition coefficient (Wildman–Crippen LogP) is -4.12. The SMILES string of the molecule is CC1O[C@@H](O[C@@H]2C(C=O)O[C@@H](O[C@@H](C)C(COS(=O)(=O)O)OC[C@@H](N)COS(=O)(=O)O)[C@@H](O)C2O)[C@@H](C)C(O)[C@@H]1O. The van der Waals surface area contributed by atoms with E-state index >= 15 is 0 Å². The fourth-order valence-corrected chi connectivity index (χ4v) is 4.61. The first kappa shape index (κ1) is 36.2. The van der Waals surface area contributed by atoms with Gasteiger partial charge in [0.15, 0.2) is 18.9 Å². The Morgan fingerprint density at radius 1 is 0.854 bits per heavy atom. The molecule has 242 valence electrons. The van der Waals surface area contributed by atoms with Gasteiger partial charge in [-0.3, -0.25) is 9.11 Å². The Balaban J connectivity index is 2.09. The Hall–Kier alpha value is -0.990. The third kappa shape index (κ3) is 10.9. The van der Waals surface area contributed by atoms with E-state index in [9.17, 15) is 42.1 Å². The standard InChI is InChI=1S/C20H37NO18S2/c1-8-14(23)15(24)10(3)37-19(8)39-18-12(4-22)38-20(17(26)16(18)25)36-9(2)13(7-35-41(30,31)32)33-5-11(21)6-34-40(27,28)29/h4,8-20,23-26H,5-7,21H2,1-3H3,(H,27,28,29)(H,30,31,32)/t8-,9-,10?,11+,12?,13?,14?,15+,16?,17-,18+,19-,20+/m0/s1. The molecule has 21 heteroatoms. The topological polar surface area (TPSA) is 297 Å². The van der Waals surface area contributed by atoms with Crippen molar-refractivity contribution in [1.82, 2.24) is 0 Å². The van der Waals surface area contributed by atoms with Gasteiger partial charge >= 0.3 is 20.8 Å². The second-order valence-electron chi connectivity index (χ2n) is 9.63. The van der Waals surface area contributed by atoms with Crippen LogP contribution >= 0.6 is 0 Å². The molecule has 41 heavy (non-hydrogen) atoms. The van der Waals surface area contributed by atoms with E-state index in [0.717, 1.165) is 0 Å². The van der Waals surface area contributed by atoms with Gasteiger partial charge in [0.1, 0.15) is 36.6 Å². The molecule has 0 amide bonds. The van der Waals surface area contributed by atoms with Crippen LogP contribution in [0.25, 0.3) is 0 Å². The molecule has 0 aromatic rings. The molecule has 13 atom stereocenters. The molecular formula is C20H37NO18S2. The summed E-state index contributed by atoms with van der Waals surface area (Å²) in [6, 6.07) is -1.17. The molecule has 2 aliphatic heterocycles. The predicted molar refractivity (Wildman–Crippen MR) is 130 cm³/mol. The van der Waals surface area contributed by atoms with Crippen molar-refractivity contribution in [1.29, 1.82) is 0 Å². The Kier molecular flexibility index (Phi) is 13.4. The number of nitrogens with two attached hydrogens (primary N) is 1. The first-order valence-electron chi connectivity index (χ1n) is 12.2. The first-order valence-corrected chi connectivity index (χ1v) is 15.0. The van der Waals surface area contributed by atoms with Crippen LogP contribution in [-0.2, 0) is 57.6 Å². The summed E-state index contributed by atoms with van der Waals surface area (Å²) < 4.78 is 97.1. The number of aliphatic hydroxyl groups excluding tert-OH is 4. The molecule has 0 aromatic carbocycles. The molecule has 2 heterocycles. The van der Waals surface area contributed by atoms with Crippen molar-refractivity contribution >= 4 is 27.1 Å². The van der Waals surface area contributed by atoms with E-state index in [0.29, 0.717) is 0 Å². The van der Waals surface area contributed by atoms with Gasteiger partial charge in [-0.05, 0) is 13.8 Å². The van der Waals surface area contributed by atoms with Crippen molar-refractivity contribution in [3.05, 3.63) is 0 Å². The fraction of sp³-hybridized carbons (Fsp3) is 0.950. The van der Waals surface area contributed by atoms with Crippen molar-refractivity contribution in [2.24, 2.45) is 11.7 Å². The highest BCUT2D eigenvalue weighted by molar-refractivity contribution is 7.81. The second-order valence-corrected chi connectivity index (χ2v) is 11.8. The van der Waals surface area contributed by atoms with Gasteiger partial charge in [0.05, 0.1) is 44.2 Å². The zero-order chi connectivity index (χ0) is 31.3. The molecule has 2 rings (SSSR count). The maximum absolute atomic E-state index is 11.8. The molecular weight excluding hydrogens is 606 g/mol. The zero-order valence-electron chi connectivity index (χ0n) is 22.2. The lowest BCUT2D eigenvalue weighted by Gasteiger charge is -2.46. The highest BCUT2D eigenvalue weighted by Crippen LogP contribution is 2.32. The van der Waals surface area contributed by atoms with Crippen LogP contribution in [0.4, 0.5) is 0 Å². The minimum atomic E-state index is -4.96. The average Bonchev–Trinajstić information content (AvgIpc) is 2.87. The number of carbonyl (C=O) groups excluding carboxylic acids is 1. The van der Waals surface area contributed by atoms with E-state index in [1.807, 2.05) is 0 Å². The Bertz CT molecular complexity index is 1040. The van der Waals surface area contributed by atoms with Crippen LogP contribution in [0, 0.1) is 5.92 Å². The van der Waals surface area contributed by atoms with Crippen LogP contribution < -0.4 is 5.73 Å². The van der Waals surface area contributed by atoms with Crippen LogP contribution in [0.15, 0.2) is 0 Å². The smallest absolute Gasteiger partial charge is 0.390 e. The Labute approximate surface area is 236 Å². The summed E-state index contributed by atoms with van der Waals surface area (Å²) in [6.07, 6.45) is -15.4. The lowest BCUT2D eigenvalue weighted by Crippen LogP contribution is -2.63. The van der Waals surface area contributed by atoms with Gasteiger partial charge in [0, 0.05) is 5.92 Å². The second kappa shape index (κ2) is 15.1. The van der Waals surface area contributed by atoms with E-state index in [-0.39, 0.29) is 6.29 Å². The summed E-state index contributed by atoms with van der Waals surface area (Å²) in [6.45, 7) is 2.14. The summed E-state index contributed by atoms with van der Waals surface area (Å²) in [5, 5.41) is 41.6. The fourth-order valence-electron chi connectivity index (χ4n) is 3.96. The number of aldehydes is 1. The van der Waals surface area contributed by atoms with Crippen LogP contribution in [0.2, 0.25) is 0 Å². The number of carbonyl (C=O) groups is 1.